The largest absolute Gasteiger partial charge is 0.357 e. The number of nitrogens with one attached hydrogen (secondary N) is 1. The third kappa shape index (κ3) is 3.56. The topological polar surface area (TPSA) is 95.5 Å². The number of aromatic nitrogens is 2. The quantitative estimate of drug-likeness (QED) is 0.587. The fourth-order valence-electron chi connectivity index (χ4n) is 4.10. The number of halogens is 1. The second-order valence-corrected chi connectivity index (χ2v) is 7.89. The molecule has 1 N–H and O–H groups in total. The van der Waals surface area contributed by atoms with E-state index in [2.05, 4.69) is 15.3 Å². The molecule has 5 rings (SSSR count). The summed E-state index contributed by atoms with van der Waals surface area (Å²) in [5.74, 6) is -1.10. The van der Waals surface area contributed by atoms with Crippen molar-refractivity contribution in [2.45, 2.75) is 31.7 Å². The van der Waals surface area contributed by atoms with Crippen LogP contribution in [0.2, 0.25) is 0 Å². The zero-order valence-corrected chi connectivity index (χ0v) is 16.7. The van der Waals surface area contributed by atoms with Crippen LogP contribution in [0.3, 0.4) is 0 Å². The summed E-state index contributed by atoms with van der Waals surface area (Å²) in [4.78, 5) is 48.9. The van der Waals surface area contributed by atoms with E-state index >= 15 is 0 Å². The van der Waals surface area contributed by atoms with Gasteiger partial charge in [-0.1, -0.05) is 0 Å². The van der Waals surface area contributed by atoms with Gasteiger partial charge in [-0.05, 0) is 49.9 Å². The first-order chi connectivity index (χ1) is 15.0. The van der Waals surface area contributed by atoms with Crippen LogP contribution in [0, 0.1) is 5.95 Å². The Morgan fingerprint density at radius 1 is 1.16 bits per heavy atom. The van der Waals surface area contributed by atoms with E-state index in [1.165, 1.54) is 17.3 Å². The van der Waals surface area contributed by atoms with Gasteiger partial charge in [-0.25, -0.2) is 9.97 Å². The number of rotatable bonds is 5. The Morgan fingerprint density at radius 2 is 2.00 bits per heavy atom. The van der Waals surface area contributed by atoms with E-state index in [9.17, 15) is 18.8 Å². The van der Waals surface area contributed by atoms with Gasteiger partial charge in [0.1, 0.15) is 11.5 Å². The molecule has 1 fully saturated rings. The summed E-state index contributed by atoms with van der Waals surface area (Å²) in [5, 5.41) is 2.70. The highest BCUT2D eigenvalue weighted by atomic mass is 19.1. The lowest BCUT2D eigenvalue weighted by Crippen LogP contribution is -2.40. The highest BCUT2D eigenvalue weighted by Crippen LogP contribution is 2.38. The van der Waals surface area contributed by atoms with Gasteiger partial charge in [-0.15, -0.1) is 0 Å². The van der Waals surface area contributed by atoms with Crippen LogP contribution in [0.25, 0.3) is 11.1 Å². The monoisotopic (exact) mass is 421 g/mol. The minimum atomic E-state index is -0.591. The third-order valence-corrected chi connectivity index (χ3v) is 5.70. The molecule has 3 amide bonds. The Bertz CT molecular complexity index is 1110. The lowest BCUT2D eigenvalue weighted by molar-refractivity contribution is -0.138. The van der Waals surface area contributed by atoms with Crippen molar-refractivity contribution in [3.05, 3.63) is 53.9 Å². The van der Waals surface area contributed by atoms with Gasteiger partial charge in [0, 0.05) is 41.7 Å². The Balaban J connectivity index is 1.27. The van der Waals surface area contributed by atoms with Crippen molar-refractivity contribution >= 4 is 23.5 Å². The van der Waals surface area contributed by atoms with Gasteiger partial charge in [0.25, 0.3) is 11.8 Å². The molecule has 0 radical (unpaired) electrons. The molecule has 1 saturated carbocycles. The number of hydrogen-bond donors (Lipinski definition) is 1. The zero-order chi connectivity index (χ0) is 21.5. The van der Waals surface area contributed by atoms with E-state index in [1.807, 2.05) is 0 Å². The molecule has 0 unspecified atom stereocenters. The lowest BCUT2D eigenvalue weighted by atomic mass is 10.0. The van der Waals surface area contributed by atoms with Crippen LogP contribution in [-0.2, 0) is 14.4 Å². The van der Waals surface area contributed by atoms with Crippen molar-refractivity contribution < 1.29 is 18.8 Å². The van der Waals surface area contributed by atoms with Crippen LogP contribution >= 0.6 is 0 Å². The number of anilines is 1. The molecular formula is C22H20FN5O3. The van der Waals surface area contributed by atoms with Crippen LogP contribution < -0.4 is 5.32 Å². The SMILES string of the molecule is O=C(CN1CCCC2=C1C(=O)N(C1CC1)C2=O)Nc1ccc(-c2cccnc2F)cn1. The molecule has 2 aliphatic heterocycles. The predicted molar refractivity (Wildman–Crippen MR) is 109 cm³/mol. The van der Waals surface area contributed by atoms with Gasteiger partial charge in [0.2, 0.25) is 11.9 Å². The molecule has 0 aromatic carbocycles. The van der Waals surface area contributed by atoms with Crippen molar-refractivity contribution in [2.75, 3.05) is 18.4 Å². The fourth-order valence-corrected chi connectivity index (χ4v) is 4.10. The Hall–Kier alpha value is -3.62. The van der Waals surface area contributed by atoms with Gasteiger partial charge in [-0.2, -0.15) is 4.39 Å². The van der Waals surface area contributed by atoms with E-state index in [0.29, 0.717) is 47.6 Å². The average Bonchev–Trinajstić information content (AvgIpc) is 3.56. The highest BCUT2D eigenvalue weighted by Gasteiger charge is 2.48. The number of hydrogen-bond acceptors (Lipinski definition) is 6. The molecular weight excluding hydrogens is 401 g/mol. The van der Waals surface area contributed by atoms with Gasteiger partial charge in [0.05, 0.1) is 6.54 Å². The van der Waals surface area contributed by atoms with Gasteiger partial charge in [0.15, 0.2) is 0 Å². The molecule has 158 valence electrons. The van der Waals surface area contributed by atoms with E-state index in [1.54, 1.807) is 29.2 Å². The molecule has 8 nitrogen and oxygen atoms in total. The first-order valence-electron chi connectivity index (χ1n) is 10.3. The highest BCUT2D eigenvalue weighted by molar-refractivity contribution is 6.19. The van der Waals surface area contributed by atoms with Crippen LogP contribution in [0.5, 0.6) is 0 Å². The maximum absolute atomic E-state index is 13.8. The fraction of sp³-hybridized carbons (Fsp3) is 0.318. The van der Waals surface area contributed by atoms with Crippen molar-refractivity contribution in [3.8, 4) is 11.1 Å². The second kappa shape index (κ2) is 7.57. The van der Waals surface area contributed by atoms with Crippen molar-refractivity contribution in [1.29, 1.82) is 0 Å². The van der Waals surface area contributed by atoms with E-state index in [-0.39, 0.29) is 30.3 Å². The molecule has 2 aromatic heterocycles. The molecule has 3 aliphatic rings. The zero-order valence-electron chi connectivity index (χ0n) is 16.7. The molecule has 9 heteroatoms. The average molecular weight is 421 g/mol. The number of carbonyl (C=O) groups is 3. The van der Waals surface area contributed by atoms with Crippen molar-refractivity contribution in [1.82, 2.24) is 19.8 Å². The van der Waals surface area contributed by atoms with Crippen LogP contribution in [0.1, 0.15) is 25.7 Å². The van der Waals surface area contributed by atoms with E-state index in [4.69, 9.17) is 0 Å². The second-order valence-electron chi connectivity index (χ2n) is 7.89. The summed E-state index contributed by atoms with van der Waals surface area (Å²) in [6.07, 6.45) is 5.81. The lowest BCUT2D eigenvalue weighted by Gasteiger charge is -2.28. The number of amides is 3. The minimum Gasteiger partial charge on any atom is -0.357 e. The number of pyridine rings is 2. The summed E-state index contributed by atoms with van der Waals surface area (Å²) in [5.41, 5.74) is 1.76. The summed E-state index contributed by atoms with van der Waals surface area (Å²) in [6, 6.07) is 6.48. The number of imide groups is 1. The number of nitrogens with zero attached hydrogens (tertiary/aromatic N) is 4. The molecule has 0 saturated heterocycles. The predicted octanol–water partition coefficient (Wildman–Crippen LogP) is 2.10. The summed E-state index contributed by atoms with van der Waals surface area (Å²) >= 11 is 0. The maximum Gasteiger partial charge on any atom is 0.277 e. The van der Waals surface area contributed by atoms with Crippen LogP contribution in [0.15, 0.2) is 47.9 Å². The Morgan fingerprint density at radius 3 is 2.71 bits per heavy atom. The summed E-state index contributed by atoms with van der Waals surface area (Å²) in [7, 11) is 0. The summed E-state index contributed by atoms with van der Waals surface area (Å²) < 4.78 is 13.8. The Labute approximate surface area is 177 Å². The first kappa shape index (κ1) is 19.3. The van der Waals surface area contributed by atoms with Gasteiger partial charge in [-0.3, -0.25) is 19.3 Å². The molecule has 0 atom stereocenters. The van der Waals surface area contributed by atoms with Gasteiger partial charge < -0.3 is 10.2 Å². The molecule has 1 aliphatic carbocycles. The maximum atomic E-state index is 13.8. The van der Waals surface area contributed by atoms with E-state index in [0.717, 1.165) is 12.8 Å². The third-order valence-electron chi connectivity index (χ3n) is 5.70. The van der Waals surface area contributed by atoms with Crippen LogP contribution in [0.4, 0.5) is 10.2 Å². The Kier molecular flexibility index (Phi) is 4.72. The molecule has 0 spiro atoms. The molecule has 4 heterocycles. The molecule has 0 bridgehead atoms. The standard InChI is InChI=1S/C22H20FN5O3/c23-20-15(3-1-9-24-20)13-5-8-17(25-11-13)26-18(29)12-27-10-2-4-16-19(27)22(31)28(21(16)30)14-6-7-14/h1,3,5,8-9,11,14H,2,4,6-7,10,12H2,(H,25,26,29). The van der Waals surface area contributed by atoms with Crippen molar-refractivity contribution in [3.63, 3.8) is 0 Å². The smallest absolute Gasteiger partial charge is 0.277 e. The molecule has 2 aromatic rings. The van der Waals surface area contributed by atoms with Crippen molar-refractivity contribution in [2.24, 2.45) is 0 Å². The normalized spacial score (nSPS) is 18.5. The van der Waals surface area contributed by atoms with Gasteiger partial charge >= 0.3 is 0 Å². The van der Waals surface area contributed by atoms with Crippen LogP contribution in [-0.4, -0.2) is 56.6 Å². The summed E-state index contributed by atoms with van der Waals surface area (Å²) in [6.45, 7) is 0.494. The number of carbonyl (C=O) groups excluding carboxylic acids is 3. The molecule has 31 heavy (non-hydrogen) atoms. The van der Waals surface area contributed by atoms with E-state index < -0.39 is 5.95 Å². The minimum absolute atomic E-state index is 0.00800. The first-order valence-corrected chi connectivity index (χ1v) is 10.3.